The third-order valence-electron chi connectivity index (χ3n) is 4.03. The maximum absolute atomic E-state index is 13.1. The summed E-state index contributed by atoms with van der Waals surface area (Å²) in [6.45, 7) is 3.81. The Morgan fingerprint density at radius 1 is 0.913 bits per heavy atom. The largest absolute Gasteiger partial charge is 0.343 e. The van der Waals surface area contributed by atoms with Gasteiger partial charge in [-0.2, -0.15) is 0 Å². The number of amides is 1. The van der Waals surface area contributed by atoms with Crippen LogP contribution in [0.3, 0.4) is 0 Å². The van der Waals surface area contributed by atoms with E-state index in [0.717, 1.165) is 16.3 Å². The molecule has 0 atom stereocenters. The zero-order valence-corrected chi connectivity index (χ0v) is 13.1. The Balaban J connectivity index is 1.92. The average molecular weight is 307 g/mol. The summed E-state index contributed by atoms with van der Waals surface area (Å²) >= 11 is 0. The molecule has 3 rings (SSSR count). The highest BCUT2D eigenvalue weighted by Gasteiger charge is 2.24. The first-order chi connectivity index (χ1) is 11.0. The van der Waals surface area contributed by atoms with Crippen molar-refractivity contribution in [3.05, 3.63) is 83.7 Å². The normalized spacial score (nSPS) is 11.4. The number of rotatable bonds is 3. The number of benzene rings is 3. The molecule has 0 aliphatic rings. The van der Waals surface area contributed by atoms with E-state index in [4.69, 9.17) is 0 Å². The molecule has 0 unspecified atom stereocenters. The highest BCUT2D eigenvalue weighted by molar-refractivity contribution is 6.07. The van der Waals surface area contributed by atoms with E-state index in [-0.39, 0.29) is 11.7 Å². The maximum Gasteiger partial charge on any atom is 0.252 e. The quantitative estimate of drug-likeness (QED) is 0.750. The molecular weight excluding hydrogens is 289 g/mol. The Hall–Kier alpha value is -2.68. The SMILES string of the molecule is CC(C)(NC(=O)c1cccc2ccccc12)c1ccc(F)cc1. The zero-order valence-electron chi connectivity index (χ0n) is 13.1. The lowest BCUT2D eigenvalue weighted by Gasteiger charge is -2.27. The van der Waals surface area contributed by atoms with E-state index in [1.165, 1.54) is 12.1 Å². The van der Waals surface area contributed by atoms with Crippen molar-refractivity contribution < 1.29 is 9.18 Å². The summed E-state index contributed by atoms with van der Waals surface area (Å²) in [4.78, 5) is 12.7. The van der Waals surface area contributed by atoms with Crippen LogP contribution in [0.2, 0.25) is 0 Å². The molecule has 23 heavy (non-hydrogen) atoms. The third kappa shape index (κ3) is 3.09. The van der Waals surface area contributed by atoms with Gasteiger partial charge in [0, 0.05) is 5.56 Å². The molecule has 0 spiro atoms. The highest BCUT2D eigenvalue weighted by atomic mass is 19.1. The van der Waals surface area contributed by atoms with Gasteiger partial charge in [0.1, 0.15) is 5.82 Å². The van der Waals surface area contributed by atoms with Crippen molar-refractivity contribution in [1.29, 1.82) is 0 Å². The summed E-state index contributed by atoms with van der Waals surface area (Å²) in [5.74, 6) is -0.430. The van der Waals surface area contributed by atoms with Gasteiger partial charge in [0.15, 0.2) is 0 Å². The second-order valence-corrected chi connectivity index (χ2v) is 6.11. The van der Waals surface area contributed by atoms with Gasteiger partial charge in [0.25, 0.3) is 5.91 Å². The smallest absolute Gasteiger partial charge is 0.252 e. The van der Waals surface area contributed by atoms with Gasteiger partial charge >= 0.3 is 0 Å². The fourth-order valence-corrected chi connectivity index (χ4v) is 2.71. The van der Waals surface area contributed by atoms with Crippen molar-refractivity contribution in [1.82, 2.24) is 5.32 Å². The molecule has 0 bridgehead atoms. The second kappa shape index (κ2) is 5.84. The molecule has 3 heteroatoms. The van der Waals surface area contributed by atoms with E-state index in [2.05, 4.69) is 5.32 Å². The monoisotopic (exact) mass is 307 g/mol. The molecule has 1 N–H and O–H groups in total. The van der Waals surface area contributed by atoms with E-state index in [0.29, 0.717) is 5.56 Å². The number of hydrogen-bond donors (Lipinski definition) is 1. The van der Waals surface area contributed by atoms with Crippen molar-refractivity contribution in [2.45, 2.75) is 19.4 Å². The van der Waals surface area contributed by atoms with E-state index < -0.39 is 5.54 Å². The minimum atomic E-state index is -0.596. The molecule has 0 aliphatic carbocycles. The van der Waals surface area contributed by atoms with Crippen molar-refractivity contribution in [2.24, 2.45) is 0 Å². The Morgan fingerprint density at radius 3 is 2.30 bits per heavy atom. The van der Waals surface area contributed by atoms with Gasteiger partial charge in [0.05, 0.1) is 5.54 Å². The van der Waals surface area contributed by atoms with Gasteiger partial charge in [-0.15, -0.1) is 0 Å². The molecule has 3 aromatic carbocycles. The molecule has 0 saturated heterocycles. The molecule has 0 radical (unpaired) electrons. The van der Waals surface area contributed by atoms with Crippen LogP contribution < -0.4 is 5.32 Å². The topological polar surface area (TPSA) is 29.1 Å². The van der Waals surface area contributed by atoms with E-state index in [9.17, 15) is 9.18 Å². The molecule has 2 nitrogen and oxygen atoms in total. The highest BCUT2D eigenvalue weighted by Crippen LogP contribution is 2.23. The number of nitrogens with one attached hydrogen (secondary N) is 1. The molecule has 0 saturated carbocycles. The van der Waals surface area contributed by atoms with E-state index >= 15 is 0 Å². The lowest BCUT2D eigenvalue weighted by atomic mass is 9.93. The average Bonchev–Trinajstić information content (AvgIpc) is 2.54. The molecule has 3 aromatic rings. The third-order valence-corrected chi connectivity index (χ3v) is 4.03. The number of carbonyl (C=O) groups is 1. The Morgan fingerprint density at radius 2 is 1.57 bits per heavy atom. The van der Waals surface area contributed by atoms with Crippen LogP contribution >= 0.6 is 0 Å². The second-order valence-electron chi connectivity index (χ2n) is 6.11. The minimum absolute atomic E-state index is 0.142. The first-order valence-corrected chi connectivity index (χ1v) is 7.54. The first kappa shape index (κ1) is 15.2. The number of halogens is 1. The van der Waals surface area contributed by atoms with Crippen LogP contribution in [-0.2, 0) is 5.54 Å². The van der Waals surface area contributed by atoms with Gasteiger partial charge in [-0.05, 0) is 48.4 Å². The van der Waals surface area contributed by atoms with E-state index in [1.807, 2.05) is 56.3 Å². The van der Waals surface area contributed by atoms with Gasteiger partial charge in [-0.25, -0.2) is 4.39 Å². The van der Waals surface area contributed by atoms with Gasteiger partial charge in [-0.3, -0.25) is 4.79 Å². The van der Waals surface area contributed by atoms with Crippen molar-refractivity contribution in [3.8, 4) is 0 Å². The molecule has 0 aliphatic heterocycles. The minimum Gasteiger partial charge on any atom is -0.343 e. The van der Waals surface area contributed by atoms with Gasteiger partial charge < -0.3 is 5.32 Å². The standard InChI is InChI=1S/C20H18FNO/c1-20(2,15-10-12-16(21)13-11-15)22-19(23)18-9-5-7-14-6-3-4-8-17(14)18/h3-13H,1-2H3,(H,22,23). The lowest BCUT2D eigenvalue weighted by molar-refractivity contribution is 0.0914. The van der Waals surface area contributed by atoms with Gasteiger partial charge in [0.2, 0.25) is 0 Å². The zero-order chi connectivity index (χ0) is 16.4. The Kier molecular flexibility index (Phi) is 3.87. The molecule has 0 heterocycles. The maximum atomic E-state index is 13.1. The van der Waals surface area contributed by atoms with Crippen molar-refractivity contribution >= 4 is 16.7 Å². The van der Waals surface area contributed by atoms with Crippen molar-refractivity contribution in [3.63, 3.8) is 0 Å². The summed E-state index contributed by atoms with van der Waals surface area (Å²) in [6, 6.07) is 19.7. The molecule has 0 fully saturated rings. The van der Waals surface area contributed by atoms with Crippen LogP contribution in [0.4, 0.5) is 4.39 Å². The van der Waals surface area contributed by atoms with Crippen LogP contribution in [0.1, 0.15) is 29.8 Å². The molecule has 1 amide bonds. The first-order valence-electron chi connectivity index (χ1n) is 7.54. The lowest BCUT2D eigenvalue weighted by Crippen LogP contribution is -2.41. The van der Waals surface area contributed by atoms with E-state index in [1.54, 1.807) is 12.1 Å². The number of fused-ring (bicyclic) bond motifs is 1. The fraction of sp³-hybridized carbons (Fsp3) is 0.150. The predicted molar refractivity (Wildman–Crippen MR) is 90.8 cm³/mol. The Labute approximate surface area is 135 Å². The van der Waals surface area contributed by atoms with Gasteiger partial charge in [-0.1, -0.05) is 48.5 Å². The predicted octanol–water partition coefficient (Wildman–Crippen LogP) is 4.64. The summed E-state index contributed by atoms with van der Waals surface area (Å²) in [7, 11) is 0. The summed E-state index contributed by atoms with van der Waals surface area (Å²) < 4.78 is 13.1. The van der Waals surface area contributed by atoms with Crippen LogP contribution in [0.15, 0.2) is 66.7 Å². The molecule has 0 aromatic heterocycles. The summed E-state index contributed by atoms with van der Waals surface area (Å²) in [5, 5.41) is 4.99. The van der Waals surface area contributed by atoms with Crippen LogP contribution in [-0.4, -0.2) is 5.91 Å². The van der Waals surface area contributed by atoms with Crippen LogP contribution in [0, 0.1) is 5.82 Å². The Bertz CT molecular complexity index is 848. The van der Waals surface area contributed by atoms with Crippen LogP contribution in [0.5, 0.6) is 0 Å². The van der Waals surface area contributed by atoms with Crippen LogP contribution in [0.25, 0.3) is 10.8 Å². The molecule has 116 valence electrons. The fourth-order valence-electron chi connectivity index (χ4n) is 2.71. The van der Waals surface area contributed by atoms with Crippen molar-refractivity contribution in [2.75, 3.05) is 0 Å². The summed E-state index contributed by atoms with van der Waals surface area (Å²) in [5.41, 5.74) is 0.896. The number of hydrogen-bond acceptors (Lipinski definition) is 1. The number of carbonyl (C=O) groups excluding carboxylic acids is 1. The molecular formula is C20H18FNO. The summed E-state index contributed by atoms with van der Waals surface area (Å²) in [6.07, 6.45) is 0.